The molecule has 0 radical (unpaired) electrons. The molecule has 6 aromatic rings. The summed E-state index contributed by atoms with van der Waals surface area (Å²) in [5, 5.41) is 6.25. The molecule has 1 amide bonds. The lowest BCUT2D eigenvalue weighted by molar-refractivity contribution is -0.141. The highest BCUT2D eigenvalue weighted by atomic mass is 35.5. The molecule has 0 unspecified atom stereocenters. The molecular formula is C44H46ClF5N8O7S. The predicted octanol–water partition coefficient (Wildman–Crippen LogP) is 8.02. The van der Waals surface area contributed by atoms with Gasteiger partial charge in [-0.05, 0) is 94.3 Å². The number of hydrogen-bond donors (Lipinski definition) is 1. The van der Waals surface area contributed by atoms with Gasteiger partial charge in [-0.1, -0.05) is 23.7 Å². The number of pyridine rings is 1. The van der Waals surface area contributed by atoms with E-state index in [-0.39, 0.29) is 50.7 Å². The van der Waals surface area contributed by atoms with Crippen molar-refractivity contribution in [2.24, 2.45) is 0 Å². The fourth-order valence-corrected chi connectivity index (χ4v) is 8.89. The van der Waals surface area contributed by atoms with E-state index in [0.717, 1.165) is 27.3 Å². The molecule has 15 nitrogen and oxygen atoms in total. The van der Waals surface area contributed by atoms with Crippen LogP contribution >= 0.6 is 11.6 Å². The average molecular weight is 961 g/mol. The van der Waals surface area contributed by atoms with Crippen molar-refractivity contribution in [3.63, 3.8) is 0 Å². The number of sulfonamides is 1. The normalized spacial score (nSPS) is 16.4. The van der Waals surface area contributed by atoms with Crippen LogP contribution in [0.4, 0.5) is 38.4 Å². The lowest BCUT2D eigenvalue weighted by Gasteiger charge is -2.36. The first-order valence-electron chi connectivity index (χ1n) is 20.5. The van der Waals surface area contributed by atoms with Gasteiger partial charge in [-0.3, -0.25) is 14.0 Å². The van der Waals surface area contributed by atoms with Crippen LogP contribution in [0.2, 0.25) is 5.02 Å². The Morgan fingerprint density at radius 3 is 2.21 bits per heavy atom. The number of benzene rings is 3. The minimum Gasteiger partial charge on any atom is -0.497 e. The number of halogens is 6. The summed E-state index contributed by atoms with van der Waals surface area (Å²) < 4.78 is 119. The number of amides is 1. The van der Waals surface area contributed by atoms with Crippen molar-refractivity contribution in [1.82, 2.24) is 29.6 Å². The van der Waals surface area contributed by atoms with Gasteiger partial charge in [-0.15, -0.1) is 0 Å². The van der Waals surface area contributed by atoms with Gasteiger partial charge in [0.05, 0.1) is 65.2 Å². The number of carbonyl (C=O) groups is 1. The lowest BCUT2D eigenvalue weighted by atomic mass is 10.0. The molecule has 3 aromatic heterocycles. The number of fused-ring (bicyclic) bond motifs is 2. The van der Waals surface area contributed by atoms with Crippen molar-refractivity contribution < 1.29 is 49.4 Å². The highest BCUT2D eigenvalue weighted by Gasteiger charge is 2.36. The Kier molecular flexibility index (Phi) is 13.3. The van der Waals surface area contributed by atoms with Crippen LogP contribution in [0.25, 0.3) is 27.6 Å². The van der Waals surface area contributed by atoms with Gasteiger partial charge in [-0.2, -0.15) is 18.3 Å². The molecular weight excluding hydrogens is 915 g/mol. The Labute approximate surface area is 381 Å². The maximum absolute atomic E-state index is 15.2. The second-order valence-corrected chi connectivity index (χ2v) is 19.3. The second kappa shape index (κ2) is 18.3. The van der Waals surface area contributed by atoms with Crippen LogP contribution in [0.1, 0.15) is 57.6 Å². The number of nitrogens with zero attached hydrogens (tertiary/aromatic N) is 7. The van der Waals surface area contributed by atoms with Crippen LogP contribution in [0, 0.1) is 11.6 Å². The van der Waals surface area contributed by atoms with Crippen LogP contribution in [-0.4, -0.2) is 89.3 Å². The summed E-state index contributed by atoms with van der Waals surface area (Å²) in [6, 6.07) is 12.9. The number of aromatic nitrogens is 5. The van der Waals surface area contributed by atoms with Crippen LogP contribution in [0.15, 0.2) is 71.5 Å². The third-order valence-electron chi connectivity index (χ3n) is 10.3. The van der Waals surface area contributed by atoms with Crippen molar-refractivity contribution >= 4 is 61.3 Å². The van der Waals surface area contributed by atoms with Crippen LogP contribution in [0.3, 0.4) is 0 Å². The summed E-state index contributed by atoms with van der Waals surface area (Å²) >= 11 is 6.82. The molecule has 1 N–H and O–H groups in total. The number of nitrogens with one attached hydrogen (secondary N) is 1. The van der Waals surface area contributed by atoms with E-state index < -0.39 is 82.0 Å². The number of alkyl carbamates (subject to hydrolysis) is 1. The molecule has 22 heteroatoms. The molecule has 0 spiro atoms. The summed E-state index contributed by atoms with van der Waals surface area (Å²) in [7, 11) is -2.89. The Balaban J connectivity index is 1.55. The van der Waals surface area contributed by atoms with Gasteiger partial charge in [-0.25, -0.2) is 36.3 Å². The zero-order valence-electron chi connectivity index (χ0n) is 36.8. The van der Waals surface area contributed by atoms with Gasteiger partial charge in [0.1, 0.15) is 41.2 Å². The minimum atomic E-state index is -4.96. The van der Waals surface area contributed by atoms with E-state index in [0.29, 0.717) is 41.0 Å². The third kappa shape index (κ3) is 10.8. The van der Waals surface area contributed by atoms with Gasteiger partial charge in [0.2, 0.25) is 10.0 Å². The maximum Gasteiger partial charge on any atom is 0.408 e. The summed E-state index contributed by atoms with van der Waals surface area (Å²) in [5.41, 5.74) is -2.50. The quantitative estimate of drug-likeness (QED) is 0.118. The molecule has 3 atom stereocenters. The average Bonchev–Trinajstić information content (AvgIpc) is 3.56. The van der Waals surface area contributed by atoms with E-state index in [9.17, 15) is 35.2 Å². The molecule has 1 fully saturated rings. The van der Waals surface area contributed by atoms with E-state index >= 15 is 4.79 Å². The first-order chi connectivity index (χ1) is 30.9. The Morgan fingerprint density at radius 2 is 1.62 bits per heavy atom. The Bertz CT molecular complexity index is 2950. The van der Waals surface area contributed by atoms with Gasteiger partial charge < -0.3 is 24.4 Å². The monoisotopic (exact) mass is 960 g/mol. The van der Waals surface area contributed by atoms with Crippen LogP contribution < -0.4 is 24.8 Å². The van der Waals surface area contributed by atoms with E-state index in [1.165, 1.54) is 25.3 Å². The molecule has 4 heterocycles. The molecule has 0 aliphatic carbocycles. The standard InChI is InChI=1S/C44H46ClF5N8O7S/c1-24-20-55(21-25(2)64-24)35-15-12-31-38(52-35)53-39(33(51-42(60)65-43(3,4)5)18-27-16-28(46)19-29(47)17-27)58(41(31)59)34-14-13-32(45)36-37(34)56(23-44(48,49)50)54-40(36)57(66(7,61)62)22-26-8-10-30(63-6)11-9-26/h8-17,19,24-25,33H,18,20-23H2,1-7H3,(H,51,60)/t24-,25+,33-/m0/s1. The zero-order chi connectivity index (χ0) is 48.0. The molecule has 0 bridgehead atoms. The fourth-order valence-electron chi connectivity index (χ4n) is 7.83. The molecule has 0 saturated carbocycles. The van der Waals surface area contributed by atoms with Crippen LogP contribution in [0.5, 0.6) is 5.75 Å². The maximum atomic E-state index is 15.2. The largest absolute Gasteiger partial charge is 0.497 e. The minimum absolute atomic E-state index is 0.0135. The molecule has 352 valence electrons. The number of carbonyl (C=O) groups excluding carboxylic acids is 1. The van der Waals surface area contributed by atoms with Crippen molar-refractivity contribution in [1.29, 1.82) is 0 Å². The first-order valence-corrected chi connectivity index (χ1v) is 22.8. The topological polar surface area (TPSA) is 163 Å². The number of rotatable bonds is 12. The Morgan fingerprint density at radius 1 is 0.970 bits per heavy atom. The molecule has 1 saturated heterocycles. The summed E-state index contributed by atoms with van der Waals surface area (Å²) in [5.74, 6) is -1.91. The number of methoxy groups -OCH3 is 1. The van der Waals surface area contributed by atoms with Crippen molar-refractivity contribution in [2.75, 3.05) is 35.7 Å². The van der Waals surface area contributed by atoms with Gasteiger partial charge in [0.15, 0.2) is 11.5 Å². The molecule has 66 heavy (non-hydrogen) atoms. The highest BCUT2D eigenvalue weighted by Crippen LogP contribution is 2.40. The Hall–Kier alpha value is -6.06. The number of hydrogen-bond acceptors (Lipinski definition) is 11. The predicted molar refractivity (Wildman–Crippen MR) is 238 cm³/mol. The van der Waals surface area contributed by atoms with E-state index in [1.807, 2.05) is 18.7 Å². The van der Waals surface area contributed by atoms with Crippen LogP contribution in [-0.2, 0) is 39.0 Å². The zero-order valence-corrected chi connectivity index (χ0v) is 38.4. The highest BCUT2D eigenvalue weighted by molar-refractivity contribution is 7.92. The molecule has 1 aliphatic rings. The summed E-state index contributed by atoms with van der Waals surface area (Å²) in [4.78, 5) is 40.4. The number of morpholine rings is 1. The number of anilines is 2. The lowest BCUT2D eigenvalue weighted by Crippen LogP contribution is -2.45. The summed E-state index contributed by atoms with van der Waals surface area (Å²) in [6.45, 7) is 7.20. The summed E-state index contributed by atoms with van der Waals surface area (Å²) in [6.07, 6.45) is -5.99. The third-order valence-corrected chi connectivity index (χ3v) is 11.8. The SMILES string of the molecule is COc1ccc(CN(c2nn(CC(F)(F)F)c3c(-n4c([C@H](Cc5cc(F)cc(F)c5)NC(=O)OC(C)(C)C)nc5nc(N6C[C@@H](C)O[C@@H](C)C6)ccc5c4=O)ccc(Cl)c23)S(C)(=O)=O)cc1. The fraction of sp³-hybridized carbons (Fsp3) is 0.386. The van der Waals surface area contributed by atoms with Crippen molar-refractivity contribution in [2.45, 2.75) is 84.2 Å². The van der Waals surface area contributed by atoms with Gasteiger partial charge >= 0.3 is 12.3 Å². The molecule has 1 aliphatic heterocycles. The molecule has 7 rings (SSSR count). The van der Waals surface area contributed by atoms with Crippen molar-refractivity contribution in [3.8, 4) is 11.4 Å². The van der Waals surface area contributed by atoms with Gasteiger partial charge in [0, 0.05) is 25.6 Å². The van der Waals surface area contributed by atoms with E-state index in [2.05, 4.69) is 10.4 Å². The van der Waals surface area contributed by atoms with Gasteiger partial charge in [0.25, 0.3) is 5.56 Å². The van der Waals surface area contributed by atoms with E-state index in [1.54, 1.807) is 51.1 Å². The second-order valence-electron chi connectivity index (χ2n) is 17.0. The van der Waals surface area contributed by atoms with E-state index in [4.69, 9.17) is 35.8 Å². The first kappa shape index (κ1) is 47.9. The number of ether oxygens (including phenoxy) is 3. The van der Waals surface area contributed by atoms with Crippen molar-refractivity contribution in [3.05, 3.63) is 111 Å². The smallest absolute Gasteiger partial charge is 0.408 e. The number of alkyl halides is 3. The molecule has 3 aromatic carbocycles.